The number of thiophene rings is 6. The van der Waals surface area contributed by atoms with E-state index in [1.54, 1.807) is 0 Å². The summed E-state index contributed by atoms with van der Waals surface area (Å²) >= 11 is 11.5. The van der Waals surface area contributed by atoms with E-state index < -0.39 is 0 Å². The van der Waals surface area contributed by atoms with Gasteiger partial charge < -0.3 is 0 Å². The molecule has 6 aromatic heterocycles. The minimum atomic E-state index is 1.13. The fraction of sp³-hybridized carbons (Fsp3) is 0.130. The van der Waals surface area contributed by atoms with Crippen LogP contribution in [0.3, 0.4) is 0 Å². The summed E-state index contributed by atoms with van der Waals surface area (Å²) in [5.41, 5.74) is 0. The fourth-order valence-corrected chi connectivity index (χ4v) is 10.4. The minimum Gasteiger partial charge on any atom is -0.140 e. The van der Waals surface area contributed by atoms with Crippen LogP contribution >= 0.6 is 68.0 Å². The van der Waals surface area contributed by atoms with E-state index in [-0.39, 0.29) is 0 Å². The lowest BCUT2D eigenvalue weighted by molar-refractivity contribution is 1.19. The monoisotopic (exact) mass is 484 g/mol. The van der Waals surface area contributed by atoms with Gasteiger partial charge in [-0.15, -0.1) is 68.0 Å². The van der Waals surface area contributed by atoms with Crippen LogP contribution in [0.1, 0.15) is 16.7 Å². The predicted molar refractivity (Wildman–Crippen MR) is 139 cm³/mol. The summed E-state index contributed by atoms with van der Waals surface area (Å²) in [5, 5.41) is 0. The zero-order valence-corrected chi connectivity index (χ0v) is 20.7. The molecule has 0 spiro atoms. The van der Waals surface area contributed by atoms with Crippen molar-refractivity contribution in [3.05, 3.63) is 58.3 Å². The van der Waals surface area contributed by atoms with Crippen molar-refractivity contribution in [3.8, 4) is 29.3 Å². The molecule has 0 radical (unpaired) electrons. The van der Waals surface area contributed by atoms with Gasteiger partial charge in [0.2, 0.25) is 0 Å². The van der Waals surface area contributed by atoms with Gasteiger partial charge in [0.25, 0.3) is 0 Å². The normalized spacial score (nSPS) is 11.9. The number of rotatable bonds is 4. The summed E-state index contributed by atoms with van der Waals surface area (Å²) in [7, 11) is 0. The van der Waals surface area contributed by atoms with Crippen LogP contribution in [0.15, 0.2) is 48.5 Å². The maximum atomic E-state index is 2.37. The van der Waals surface area contributed by atoms with Gasteiger partial charge in [-0.25, -0.2) is 0 Å². The molecule has 0 saturated heterocycles. The Morgan fingerprint density at radius 1 is 0.517 bits per heavy atom. The fourth-order valence-electron chi connectivity index (χ4n) is 3.46. The van der Waals surface area contributed by atoms with Gasteiger partial charge in [-0.05, 0) is 61.9 Å². The lowest BCUT2D eigenvalue weighted by Crippen LogP contribution is -1.64. The molecule has 0 atom stereocenters. The summed E-state index contributed by atoms with van der Waals surface area (Å²) < 4.78 is 5.70. The molecule has 0 nitrogen and oxygen atoms in total. The van der Waals surface area contributed by atoms with Gasteiger partial charge >= 0.3 is 0 Å². The number of fused-ring (bicyclic) bond motifs is 2. The largest absolute Gasteiger partial charge is 0.140 e. The van der Waals surface area contributed by atoms with Crippen molar-refractivity contribution < 1.29 is 0 Å². The molecule has 0 amide bonds. The SMILES string of the molecule is CCc1cc2sc(-c3ccc(-c4ccc(-c5cc6sc(C)cc6s5)s4)s3)cc2s1. The number of hydrogen-bond donors (Lipinski definition) is 0. The molecule has 6 aromatic rings. The van der Waals surface area contributed by atoms with E-state index in [2.05, 4.69) is 62.4 Å². The molecule has 0 aromatic carbocycles. The Kier molecular flexibility index (Phi) is 4.56. The smallest absolute Gasteiger partial charge is 0.0463 e. The van der Waals surface area contributed by atoms with Crippen molar-refractivity contribution in [2.24, 2.45) is 0 Å². The minimum absolute atomic E-state index is 1.13. The van der Waals surface area contributed by atoms with Crippen LogP contribution in [-0.4, -0.2) is 0 Å². The summed E-state index contributed by atoms with van der Waals surface area (Å²) in [6.45, 7) is 4.42. The predicted octanol–water partition coefficient (Wildman–Crippen LogP) is 10.2. The zero-order valence-electron chi connectivity index (χ0n) is 15.8. The first-order valence-corrected chi connectivity index (χ1v) is 14.3. The third-order valence-electron chi connectivity index (χ3n) is 4.88. The Balaban J connectivity index is 1.31. The Hall–Kier alpha value is -1.28. The molecular formula is C23H16S6. The first kappa shape index (κ1) is 18.5. The average Bonchev–Trinajstić information content (AvgIpc) is 3.47. The van der Waals surface area contributed by atoms with Gasteiger partial charge in [-0.2, -0.15) is 0 Å². The second-order valence-corrected chi connectivity index (χ2v) is 13.7. The Morgan fingerprint density at radius 2 is 1.00 bits per heavy atom. The van der Waals surface area contributed by atoms with E-state index in [1.165, 1.54) is 57.8 Å². The average molecular weight is 485 g/mol. The first-order chi connectivity index (χ1) is 14.2. The summed E-state index contributed by atoms with van der Waals surface area (Å²) in [6.07, 6.45) is 1.13. The molecule has 6 heterocycles. The van der Waals surface area contributed by atoms with Crippen molar-refractivity contribution in [1.82, 2.24) is 0 Å². The molecule has 0 aliphatic heterocycles. The second kappa shape index (κ2) is 7.15. The molecule has 0 fully saturated rings. The molecule has 0 aliphatic carbocycles. The summed E-state index contributed by atoms with van der Waals surface area (Å²) in [6, 6.07) is 18.6. The summed E-state index contributed by atoms with van der Waals surface area (Å²) in [5.74, 6) is 0. The van der Waals surface area contributed by atoms with Gasteiger partial charge in [0, 0.05) is 57.8 Å². The molecule has 6 heteroatoms. The first-order valence-electron chi connectivity index (χ1n) is 9.39. The highest BCUT2D eigenvalue weighted by Crippen LogP contribution is 2.46. The van der Waals surface area contributed by atoms with Crippen LogP contribution in [0.4, 0.5) is 0 Å². The van der Waals surface area contributed by atoms with Crippen LogP contribution in [-0.2, 0) is 6.42 Å². The van der Waals surface area contributed by atoms with Crippen LogP contribution in [0, 0.1) is 6.92 Å². The summed E-state index contributed by atoms with van der Waals surface area (Å²) in [4.78, 5) is 11.2. The van der Waals surface area contributed by atoms with Gasteiger partial charge in [0.05, 0.1) is 0 Å². The van der Waals surface area contributed by atoms with E-state index in [0.29, 0.717) is 0 Å². The second-order valence-electron chi connectivity index (χ2n) is 6.93. The molecule has 0 N–H and O–H groups in total. The molecule has 144 valence electrons. The highest BCUT2D eigenvalue weighted by molar-refractivity contribution is 7.33. The van der Waals surface area contributed by atoms with E-state index in [9.17, 15) is 0 Å². The van der Waals surface area contributed by atoms with Gasteiger partial charge in [-0.3, -0.25) is 0 Å². The standard InChI is InChI=1S/C23H16S6/c1-3-13-9-19-23(25-13)11-21(29-19)17-7-5-15(27-17)14-4-6-16(26-14)20-10-22-18(28-20)8-12(2)24-22/h4-11H,3H2,1-2H3. The highest BCUT2D eigenvalue weighted by Gasteiger charge is 2.14. The zero-order chi connectivity index (χ0) is 19.5. The van der Waals surface area contributed by atoms with Crippen molar-refractivity contribution in [2.75, 3.05) is 0 Å². The van der Waals surface area contributed by atoms with Crippen LogP contribution in [0.25, 0.3) is 48.1 Å². The lowest BCUT2D eigenvalue weighted by Gasteiger charge is -1.92. The Bertz CT molecular complexity index is 1390. The Labute approximate surface area is 193 Å². The van der Waals surface area contributed by atoms with E-state index in [4.69, 9.17) is 0 Å². The molecular weight excluding hydrogens is 469 g/mol. The van der Waals surface area contributed by atoms with E-state index in [1.807, 2.05) is 68.0 Å². The van der Waals surface area contributed by atoms with Crippen molar-refractivity contribution in [3.63, 3.8) is 0 Å². The van der Waals surface area contributed by atoms with Crippen LogP contribution < -0.4 is 0 Å². The van der Waals surface area contributed by atoms with Gasteiger partial charge in [0.15, 0.2) is 0 Å². The van der Waals surface area contributed by atoms with Gasteiger partial charge in [0.1, 0.15) is 0 Å². The third kappa shape index (κ3) is 3.26. The number of aryl methyl sites for hydroxylation is 2. The highest BCUT2D eigenvalue weighted by atomic mass is 32.1. The number of hydrogen-bond acceptors (Lipinski definition) is 6. The topological polar surface area (TPSA) is 0 Å². The van der Waals surface area contributed by atoms with Gasteiger partial charge in [-0.1, -0.05) is 6.92 Å². The van der Waals surface area contributed by atoms with E-state index >= 15 is 0 Å². The maximum Gasteiger partial charge on any atom is 0.0463 e. The van der Waals surface area contributed by atoms with Crippen molar-refractivity contribution in [2.45, 2.75) is 20.3 Å². The quantitative estimate of drug-likeness (QED) is 0.233. The maximum absolute atomic E-state index is 2.37. The molecule has 0 saturated carbocycles. The third-order valence-corrected chi connectivity index (χ3v) is 12.3. The van der Waals surface area contributed by atoms with E-state index in [0.717, 1.165) is 6.42 Å². The molecule has 0 unspecified atom stereocenters. The molecule has 0 aliphatic rings. The lowest BCUT2D eigenvalue weighted by atomic mass is 10.3. The molecule has 0 bridgehead atoms. The molecule has 6 rings (SSSR count). The van der Waals surface area contributed by atoms with Crippen molar-refractivity contribution >= 4 is 86.8 Å². The van der Waals surface area contributed by atoms with Crippen LogP contribution in [0.5, 0.6) is 0 Å². The van der Waals surface area contributed by atoms with Crippen molar-refractivity contribution in [1.29, 1.82) is 0 Å². The Morgan fingerprint density at radius 3 is 1.52 bits per heavy atom. The molecule has 29 heavy (non-hydrogen) atoms. The van der Waals surface area contributed by atoms with Crippen LogP contribution in [0.2, 0.25) is 0 Å².